The van der Waals surface area contributed by atoms with Gasteiger partial charge in [-0.25, -0.2) is 0 Å². The standard InChI is InChI=1S/CH3B.CH4N.2CH3.V.W/c2*1-2;;;;/h1H3;1-2H2;2*1H3;;/q;3*-1;+2;. The molecular weight excluding hydrogens is 308 g/mol. The summed E-state index contributed by atoms with van der Waals surface area (Å²) >= 11 is 0. The fourth-order valence-electron chi connectivity index (χ4n) is 0. The molecule has 0 fully saturated rings. The molecule has 0 aromatic heterocycles. The van der Waals surface area contributed by atoms with E-state index in [0.717, 1.165) is 0 Å². The molecule has 0 aliphatic carbocycles. The van der Waals surface area contributed by atoms with Crippen LogP contribution >= 0.6 is 0 Å². The van der Waals surface area contributed by atoms with Gasteiger partial charge in [-0.3, -0.25) is 7.05 Å². The summed E-state index contributed by atoms with van der Waals surface area (Å²) in [5.41, 5.74) is 4.25. The quantitative estimate of drug-likeness (QED) is 0.519. The van der Waals surface area contributed by atoms with Gasteiger partial charge in [0.25, 0.3) is 0 Å². The monoisotopic (exact) mass is 321 g/mol. The number of hydrogen-bond acceptors (Lipinski definition) is 1. The van der Waals surface area contributed by atoms with Gasteiger partial charge in [0.15, 0.2) is 0 Å². The van der Waals surface area contributed by atoms with Crippen molar-refractivity contribution in [2.45, 2.75) is 6.82 Å². The van der Waals surface area contributed by atoms with Crippen LogP contribution in [0, 0.1) is 21.9 Å². The van der Waals surface area contributed by atoms with Gasteiger partial charge < -0.3 is 20.6 Å². The van der Waals surface area contributed by atoms with Crippen molar-refractivity contribution in [1.29, 1.82) is 0 Å². The second kappa shape index (κ2) is 262. The second-order valence-corrected chi connectivity index (χ2v) is 0. The zero-order valence-electron chi connectivity index (χ0n) is 5.72. The fourth-order valence-corrected chi connectivity index (χ4v) is 0. The molecule has 49 valence electrons. The van der Waals surface area contributed by atoms with Crippen molar-refractivity contribution < 1.29 is 39.6 Å². The van der Waals surface area contributed by atoms with E-state index in [-0.39, 0.29) is 54.5 Å². The van der Waals surface area contributed by atoms with Crippen molar-refractivity contribution in [3.8, 4) is 0 Å². The smallest absolute Gasteiger partial charge is 0.486 e. The van der Waals surface area contributed by atoms with Crippen LogP contribution in [0.5, 0.6) is 0 Å². The van der Waals surface area contributed by atoms with Crippen molar-refractivity contribution in [3.63, 3.8) is 0 Å². The summed E-state index contributed by atoms with van der Waals surface area (Å²) in [6.45, 7) is 1.50. The van der Waals surface area contributed by atoms with Crippen LogP contribution in [0.15, 0.2) is 0 Å². The van der Waals surface area contributed by atoms with Crippen molar-refractivity contribution in [1.82, 2.24) is 0 Å². The van der Waals surface area contributed by atoms with E-state index in [1.54, 1.807) is 0 Å². The molecule has 0 atom stereocenters. The summed E-state index contributed by atoms with van der Waals surface area (Å²) in [4.78, 5) is 0. The van der Waals surface area contributed by atoms with Crippen molar-refractivity contribution in [2.24, 2.45) is 5.73 Å². The Bertz CT molecular complexity index is 16.0. The van der Waals surface area contributed by atoms with Crippen molar-refractivity contribution >= 4 is 7.85 Å². The third kappa shape index (κ3) is 172. The molecule has 0 aliphatic rings. The van der Waals surface area contributed by atoms with Gasteiger partial charge in [0.2, 0.25) is 0 Å². The molecule has 0 aliphatic heterocycles. The van der Waals surface area contributed by atoms with Gasteiger partial charge >= 0.3 is 18.6 Å². The maximum Gasteiger partial charge on any atom is 2.00 e. The molecular formula is C4H13BNVW-. The van der Waals surface area contributed by atoms with E-state index in [1.165, 1.54) is 6.82 Å². The number of nitrogens with two attached hydrogens (primary N) is 1. The molecule has 1 nitrogen and oxygen atoms in total. The first kappa shape index (κ1) is 58.9. The molecule has 0 heterocycles. The predicted octanol–water partition coefficient (Wildman–Crippen LogP) is 0.835. The van der Waals surface area contributed by atoms with Gasteiger partial charge in [-0.05, 0) is 0 Å². The van der Waals surface area contributed by atoms with E-state index in [0.29, 0.717) is 0 Å². The third-order valence-electron chi connectivity index (χ3n) is 0. The molecule has 0 bridgehead atoms. The number of rotatable bonds is 0. The Morgan fingerprint density at radius 2 is 1.12 bits per heavy atom. The summed E-state index contributed by atoms with van der Waals surface area (Å²) in [6.07, 6.45) is 0. The molecule has 0 saturated carbocycles. The number of hydrogen-bond donors (Lipinski definition) is 1. The molecule has 0 spiro atoms. The fraction of sp³-hybridized carbons (Fsp3) is 0.250. The Balaban J connectivity index is -0.00000000167. The summed E-state index contributed by atoms with van der Waals surface area (Å²) in [6, 6.07) is 0. The van der Waals surface area contributed by atoms with Gasteiger partial charge in [0, 0.05) is 21.1 Å². The maximum absolute atomic E-state index is 4.50. The summed E-state index contributed by atoms with van der Waals surface area (Å²) in [5, 5.41) is 0. The Morgan fingerprint density at radius 3 is 1.12 bits per heavy atom. The Kier molecular flexibility index (Phi) is 1930. The normalized spacial score (nSPS) is 1.38. The molecule has 4 heteroatoms. The van der Waals surface area contributed by atoms with Crippen LogP contribution < -0.4 is 5.73 Å². The Morgan fingerprint density at radius 1 is 1.12 bits per heavy atom. The first-order valence-electron chi connectivity index (χ1n) is 0.986. The van der Waals surface area contributed by atoms with E-state index in [9.17, 15) is 0 Å². The zero-order chi connectivity index (χ0) is 4.00. The zero-order valence-corrected chi connectivity index (χ0v) is 10.0. The van der Waals surface area contributed by atoms with Crippen LogP contribution in [-0.2, 0) is 39.6 Å². The second-order valence-electron chi connectivity index (χ2n) is 0. The molecule has 0 saturated heterocycles. The molecule has 8 heavy (non-hydrogen) atoms. The van der Waals surface area contributed by atoms with Gasteiger partial charge in [-0.15, -0.1) is 0 Å². The van der Waals surface area contributed by atoms with Gasteiger partial charge in [-0.2, -0.15) is 0 Å². The minimum Gasteiger partial charge on any atom is -0.486 e. The molecule has 3 radical (unpaired) electrons. The molecule has 2 N–H and O–H groups in total. The summed E-state index contributed by atoms with van der Waals surface area (Å²) < 4.78 is 0. The molecule has 0 aromatic rings. The third-order valence-corrected chi connectivity index (χ3v) is 0. The average molecular weight is 321 g/mol. The largest absolute Gasteiger partial charge is 2.00 e. The van der Waals surface area contributed by atoms with E-state index < -0.39 is 0 Å². The minimum atomic E-state index is 0. The average Bonchev–Trinajstić information content (AvgIpc) is 1.50. The SMILES string of the molecule is [B]C.[CH2-]N.[CH3-].[CH3-].[V+2].[W]. The summed E-state index contributed by atoms with van der Waals surface area (Å²) in [7, 11) is 7.25. The Hall–Kier alpha value is 1.30. The van der Waals surface area contributed by atoms with Crippen LogP contribution in [0.25, 0.3) is 0 Å². The van der Waals surface area contributed by atoms with Crippen LogP contribution in [0.3, 0.4) is 0 Å². The van der Waals surface area contributed by atoms with Gasteiger partial charge in [0.1, 0.15) is 0 Å². The maximum atomic E-state index is 4.50. The van der Waals surface area contributed by atoms with Crippen molar-refractivity contribution in [2.75, 3.05) is 0 Å². The molecule has 0 aromatic carbocycles. The first-order chi connectivity index (χ1) is 2.00. The molecule has 0 rings (SSSR count). The van der Waals surface area contributed by atoms with Crippen LogP contribution in [-0.4, -0.2) is 7.85 Å². The topological polar surface area (TPSA) is 26.0 Å². The van der Waals surface area contributed by atoms with E-state index in [2.05, 4.69) is 20.6 Å². The predicted molar refractivity (Wildman–Crippen MR) is 34.0 cm³/mol. The van der Waals surface area contributed by atoms with E-state index in [1.807, 2.05) is 0 Å². The van der Waals surface area contributed by atoms with Crippen molar-refractivity contribution in [3.05, 3.63) is 21.9 Å². The van der Waals surface area contributed by atoms with E-state index in [4.69, 9.17) is 0 Å². The Labute approximate surface area is 81.7 Å². The van der Waals surface area contributed by atoms with Gasteiger partial charge in [-0.1, -0.05) is 6.82 Å². The minimum absolute atomic E-state index is 0. The van der Waals surface area contributed by atoms with E-state index >= 15 is 0 Å². The van der Waals surface area contributed by atoms with Crippen LogP contribution in [0.2, 0.25) is 6.82 Å². The molecule has 0 amide bonds. The first-order valence-corrected chi connectivity index (χ1v) is 0.986. The molecule has 0 unspecified atom stereocenters. The van der Waals surface area contributed by atoms with Crippen LogP contribution in [0.4, 0.5) is 0 Å². The summed E-state index contributed by atoms with van der Waals surface area (Å²) in [5.74, 6) is 0. The van der Waals surface area contributed by atoms with Gasteiger partial charge in [0.05, 0.1) is 7.85 Å². The van der Waals surface area contributed by atoms with Crippen LogP contribution in [0.1, 0.15) is 0 Å².